The van der Waals surface area contributed by atoms with Crippen LogP contribution in [-0.4, -0.2) is 11.0 Å². The summed E-state index contributed by atoms with van der Waals surface area (Å²) in [6.45, 7) is 0. The van der Waals surface area contributed by atoms with E-state index in [9.17, 15) is 4.79 Å². The van der Waals surface area contributed by atoms with E-state index in [0.717, 1.165) is 16.7 Å². The first-order chi connectivity index (χ1) is 13.3. The van der Waals surface area contributed by atoms with Crippen LogP contribution >= 0.6 is 12.4 Å². The van der Waals surface area contributed by atoms with Gasteiger partial charge in [0.25, 0.3) is 0 Å². The van der Waals surface area contributed by atoms with Gasteiger partial charge in [0.15, 0.2) is 0 Å². The van der Waals surface area contributed by atoms with Gasteiger partial charge < -0.3 is 15.4 Å². The molecular weight excluding hydrogens is 374 g/mol. The van der Waals surface area contributed by atoms with E-state index in [1.807, 2.05) is 72.8 Å². The number of pyridine rings is 1. The Hall–Kier alpha value is -3.57. The highest BCUT2D eigenvalue weighted by Gasteiger charge is 2.07. The maximum atomic E-state index is 12.4. The minimum atomic E-state index is -0.330. The molecule has 5 nitrogen and oxygen atoms in total. The maximum absolute atomic E-state index is 12.4. The molecule has 140 valence electrons. The van der Waals surface area contributed by atoms with E-state index in [4.69, 9.17) is 4.74 Å². The van der Waals surface area contributed by atoms with Crippen LogP contribution in [0.5, 0.6) is 11.5 Å². The van der Waals surface area contributed by atoms with E-state index in [2.05, 4.69) is 15.6 Å². The number of amides is 2. The summed E-state index contributed by atoms with van der Waals surface area (Å²) in [6, 6.07) is 25.8. The van der Waals surface area contributed by atoms with Crippen LogP contribution in [0.4, 0.5) is 16.2 Å². The predicted molar refractivity (Wildman–Crippen MR) is 115 cm³/mol. The number of hydrogen-bond acceptors (Lipinski definition) is 3. The molecule has 0 saturated heterocycles. The number of fused-ring (bicyclic) bond motifs is 1. The fourth-order valence-corrected chi connectivity index (χ4v) is 2.75. The van der Waals surface area contributed by atoms with Crippen LogP contribution in [0.25, 0.3) is 10.9 Å². The average molecular weight is 392 g/mol. The van der Waals surface area contributed by atoms with E-state index in [-0.39, 0.29) is 18.4 Å². The number of benzene rings is 3. The Labute approximate surface area is 168 Å². The third kappa shape index (κ3) is 4.58. The van der Waals surface area contributed by atoms with E-state index < -0.39 is 0 Å². The zero-order valence-corrected chi connectivity index (χ0v) is 15.6. The van der Waals surface area contributed by atoms with Crippen molar-refractivity contribution in [1.82, 2.24) is 4.98 Å². The summed E-state index contributed by atoms with van der Waals surface area (Å²) in [6.07, 6.45) is 1.67. The quantitative estimate of drug-likeness (QED) is 0.442. The smallest absolute Gasteiger partial charge is 0.323 e. The summed E-state index contributed by atoms with van der Waals surface area (Å²) in [4.78, 5) is 16.7. The van der Waals surface area contributed by atoms with Gasteiger partial charge in [-0.25, -0.2) is 4.79 Å². The van der Waals surface area contributed by atoms with Crippen LogP contribution in [0.1, 0.15) is 0 Å². The van der Waals surface area contributed by atoms with Gasteiger partial charge in [-0.3, -0.25) is 4.98 Å². The summed E-state index contributed by atoms with van der Waals surface area (Å²) >= 11 is 0. The average Bonchev–Trinajstić information content (AvgIpc) is 2.69. The van der Waals surface area contributed by atoms with Crippen molar-refractivity contribution >= 4 is 40.7 Å². The zero-order chi connectivity index (χ0) is 18.5. The van der Waals surface area contributed by atoms with Crippen molar-refractivity contribution in [2.24, 2.45) is 0 Å². The topological polar surface area (TPSA) is 63.2 Å². The number of halogens is 1. The largest absolute Gasteiger partial charge is 0.457 e. The Bertz CT molecular complexity index is 1080. The van der Waals surface area contributed by atoms with Gasteiger partial charge >= 0.3 is 6.03 Å². The SMILES string of the molecule is Cl.O=C(Nc1cccc(Oc2ccccc2)c1)Nc1ccnc2ccccc12. The molecule has 0 saturated carbocycles. The van der Waals surface area contributed by atoms with Gasteiger partial charge in [0.2, 0.25) is 0 Å². The van der Waals surface area contributed by atoms with Gasteiger partial charge in [-0.05, 0) is 36.4 Å². The van der Waals surface area contributed by atoms with E-state index in [1.165, 1.54) is 0 Å². The molecule has 0 fully saturated rings. The van der Waals surface area contributed by atoms with Gasteiger partial charge in [-0.2, -0.15) is 0 Å². The molecule has 2 amide bonds. The summed E-state index contributed by atoms with van der Waals surface area (Å²) in [5.74, 6) is 1.38. The Kier molecular flexibility index (Phi) is 6.09. The molecular formula is C22H18ClN3O2. The minimum absolute atomic E-state index is 0. The lowest BCUT2D eigenvalue weighted by Gasteiger charge is -2.11. The first-order valence-corrected chi connectivity index (χ1v) is 8.53. The van der Waals surface area contributed by atoms with Crippen molar-refractivity contribution < 1.29 is 9.53 Å². The third-order valence-electron chi connectivity index (χ3n) is 3.97. The van der Waals surface area contributed by atoms with Gasteiger partial charge in [0.1, 0.15) is 11.5 Å². The Morgan fingerprint density at radius 2 is 1.54 bits per heavy atom. The maximum Gasteiger partial charge on any atom is 0.323 e. The Balaban J connectivity index is 0.00000225. The first-order valence-electron chi connectivity index (χ1n) is 8.53. The van der Waals surface area contributed by atoms with E-state index in [1.54, 1.807) is 18.3 Å². The number of carbonyl (C=O) groups is 1. The summed E-state index contributed by atoms with van der Waals surface area (Å²) < 4.78 is 5.80. The monoisotopic (exact) mass is 391 g/mol. The summed E-state index contributed by atoms with van der Waals surface area (Å²) in [7, 11) is 0. The molecule has 0 unspecified atom stereocenters. The molecule has 4 aromatic rings. The highest BCUT2D eigenvalue weighted by Crippen LogP contribution is 2.25. The van der Waals surface area contributed by atoms with Gasteiger partial charge in [-0.1, -0.05) is 42.5 Å². The molecule has 4 rings (SSSR count). The molecule has 1 heterocycles. The van der Waals surface area contributed by atoms with Crippen molar-refractivity contribution in [2.75, 3.05) is 10.6 Å². The zero-order valence-electron chi connectivity index (χ0n) is 14.8. The molecule has 0 aliphatic carbocycles. The second-order valence-corrected chi connectivity index (χ2v) is 5.90. The number of nitrogens with zero attached hydrogens (tertiary/aromatic N) is 1. The number of urea groups is 1. The number of rotatable bonds is 4. The van der Waals surface area contributed by atoms with E-state index in [0.29, 0.717) is 17.1 Å². The highest BCUT2D eigenvalue weighted by atomic mass is 35.5. The third-order valence-corrected chi connectivity index (χ3v) is 3.97. The predicted octanol–water partition coefficient (Wildman–Crippen LogP) is 6.09. The molecule has 0 radical (unpaired) electrons. The number of nitrogens with one attached hydrogen (secondary N) is 2. The fourth-order valence-electron chi connectivity index (χ4n) is 2.75. The summed E-state index contributed by atoms with van der Waals surface area (Å²) in [5, 5.41) is 6.59. The fraction of sp³-hybridized carbons (Fsp3) is 0. The molecule has 0 bridgehead atoms. The van der Waals surface area contributed by atoms with E-state index >= 15 is 0 Å². The lowest BCUT2D eigenvalue weighted by molar-refractivity contribution is 0.262. The number of carbonyl (C=O) groups excluding carboxylic acids is 1. The standard InChI is InChI=1S/C22H17N3O2.ClH/c26-22(25-21-13-14-23-20-12-5-4-11-19(20)21)24-16-7-6-10-18(15-16)27-17-8-2-1-3-9-17;/h1-15H,(H2,23,24,25,26);1H. The van der Waals surface area contributed by atoms with Crippen LogP contribution in [0.3, 0.4) is 0 Å². The molecule has 0 aliphatic heterocycles. The Morgan fingerprint density at radius 3 is 2.39 bits per heavy atom. The van der Waals surface area contributed by atoms with Crippen LogP contribution in [0, 0.1) is 0 Å². The molecule has 1 aromatic heterocycles. The highest BCUT2D eigenvalue weighted by molar-refractivity contribution is 6.05. The molecule has 28 heavy (non-hydrogen) atoms. The lowest BCUT2D eigenvalue weighted by Crippen LogP contribution is -2.19. The van der Waals surface area contributed by atoms with Crippen molar-refractivity contribution in [3.63, 3.8) is 0 Å². The number of anilines is 2. The molecule has 3 aromatic carbocycles. The normalized spacial score (nSPS) is 10.0. The molecule has 0 atom stereocenters. The minimum Gasteiger partial charge on any atom is -0.457 e. The van der Waals surface area contributed by atoms with Gasteiger partial charge in [0, 0.05) is 23.3 Å². The van der Waals surface area contributed by atoms with Crippen LogP contribution in [-0.2, 0) is 0 Å². The van der Waals surface area contributed by atoms with Crippen molar-refractivity contribution in [1.29, 1.82) is 0 Å². The summed E-state index contributed by atoms with van der Waals surface area (Å²) in [5.41, 5.74) is 2.17. The lowest BCUT2D eigenvalue weighted by atomic mass is 10.2. The molecule has 0 spiro atoms. The van der Waals surface area contributed by atoms with Gasteiger partial charge in [-0.15, -0.1) is 12.4 Å². The number of para-hydroxylation sites is 2. The van der Waals surface area contributed by atoms with Crippen LogP contribution in [0.2, 0.25) is 0 Å². The number of aromatic nitrogens is 1. The first kappa shape index (κ1) is 19.2. The number of ether oxygens (including phenoxy) is 1. The van der Waals surface area contributed by atoms with Crippen molar-refractivity contribution in [2.45, 2.75) is 0 Å². The van der Waals surface area contributed by atoms with Crippen molar-refractivity contribution in [3.8, 4) is 11.5 Å². The number of hydrogen-bond donors (Lipinski definition) is 2. The second-order valence-electron chi connectivity index (χ2n) is 5.90. The van der Waals surface area contributed by atoms with Crippen LogP contribution in [0.15, 0.2) is 91.1 Å². The molecule has 2 N–H and O–H groups in total. The molecule has 6 heteroatoms. The second kappa shape index (κ2) is 8.88. The van der Waals surface area contributed by atoms with Crippen molar-refractivity contribution in [3.05, 3.63) is 91.1 Å². The molecule has 0 aliphatic rings. The van der Waals surface area contributed by atoms with Crippen LogP contribution < -0.4 is 15.4 Å². The van der Waals surface area contributed by atoms with Gasteiger partial charge in [0.05, 0.1) is 11.2 Å². The Morgan fingerprint density at radius 1 is 0.786 bits per heavy atom.